The van der Waals surface area contributed by atoms with Crippen LogP contribution in [-0.2, 0) is 13.6 Å². The molecule has 0 bridgehead atoms. The summed E-state index contributed by atoms with van der Waals surface area (Å²) < 4.78 is 1.83. The first-order valence-electron chi connectivity index (χ1n) is 6.99. The molecule has 0 aliphatic carbocycles. The smallest absolute Gasteiger partial charge is 0.319 e. The van der Waals surface area contributed by atoms with E-state index >= 15 is 0 Å². The monoisotopic (exact) mass is 286 g/mol. The van der Waals surface area contributed by atoms with Gasteiger partial charge in [-0.1, -0.05) is 6.07 Å². The molecule has 2 amide bonds. The Morgan fingerprint density at radius 1 is 1.19 bits per heavy atom. The normalized spacial score (nSPS) is 10.5. The van der Waals surface area contributed by atoms with Crippen molar-refractivity contribution < 1.29 is 4.79 Å². The van der Waals surface area contributed by atoms with E-state index in [4.69, 9.17) is 0 Å². The van der Waals surface area contributed by atoms with E-state index in [2.05, 4.69) is 15.7 Å². The van der Waals surface area contributed by atoms with Gasteiger partial charge >= 0.3 is 6.03 Å². The van der Waals surface area contributed by atoms with Crippen LogP contribution in [0.3, 0.4) is 0 Å². The van der Waals surface area contributed by atoms with E-state index in [1.807, 2.05) is 57.6 Å². The molecule has 0 unspecified atom stereocenters. The third-order valence-electron chi connectivity index (χ3n) is 3.85. The molecule has 2 aromatic rings. The third kappa shape index (κ3) is 3.42. The number of carbonyl (C=O) groups is 1. The molecular weight excluding hydrogens is 264 g/mol. The van der Waals surface area contributed by atoms with Gasteiger partial charge in [-0.2, -0.15) is 5.10 Å². The Bertz CT molecular complexity index is 673. The molecule has 2 rings (SSSR count). The lowest BCUT2D eigenvalue weighted by Crippen LogP contribution is -2.28. The zero-order valence-electron chi connectivity index (χ0n) is 13.2. The highest BCUT2D eigenvalue weighted by atomic mass is 16.2. The first-order valence-corrected chi connectivity index (χ1v) is 6.99. The summed E-state index contributed by atoms with van der Waals surface area (Å²) in [6.45, 7) is 8.50. The van der Waals surface area contributed by atoms with Crippen LogP contribution in [-0.4, -0.2) is 15.8 Å². The Hall–Kier alpha value is -2.30. The molecule has 0 aliphatic rings. The van der Waals surface area contributed by atoms with Crippen molar-refractivity contribution in [2.45, 2.75) is 34.2 Å². The maximum Gasteiger partial charge on any atom is 0.319 e. The predicted octanol–water partition coefficient (Wildman–Crippen LogP) is 2.98. The summed E-state index contributed by atoms with van der Waals surface area (Å²) in [5, 5.41) is 10.1. The summed E-state index contributed by atoms with van der Waals surface area (Å²) in [6, 6.07) is 5.67. The number of anilines is 1. The minimum atomic E-state index is -0.207. The van der Waals surface area contributed by atoms with Crippen LogP contribution in [0, 0.1) is 27.7 Å². The Morgan fingerprint density at radius 3 is 2.48 bits per heavy atom. The van der Waals surface area contributed by atoms with Crippen LogP contribution >= 0.6 is 0 Å². The van der Waals surface area contributed by atoms with Gasteiger partial charge in [0.05, 0.1) is 5.69 Å². The van der Waals surface area contributed by atoms with Gasteiger partial charge in [-0.3, -0.25) is 4.68 Å². The van der Waals surface area contributed by atoms with Gasteiger partial charge in [0.2, 0.25) is 0 Å². The number of aromatic nitrogens is 2. The van der Waals surface area contributed by atoms with Crippen LogP contribution in [0.15, 0.2) is 18.2 Å². The van der Waals surface area contributed by atoms with Crippen molar-refractivity contribution >= 4 is 11.7 Å². The van der Waals surface area contributed by atoms with E-state index in [1.54, 1.807) is 0 Å². The van der Waals surface area contributed by atoms with Crippen molar-refractivity contribution in [2.75, 3.05) is 5.32 Å². The molecule has 0 radical (unpaired) electrons. The molecule has 112 valence electrons. The molecule has 0 saturated carbocycles. The second kappa shape index (κ2) is 5.99. The molecule has 1 aromatic heterocycles. The van der Waals surface area contributed by atoms with Gasteiger partial charge < -0.3 is 10.6 Å². The summed E-state index contributed by atoms with van der Waals surface area (Å²) >= 11 is 0. The minimum Gasteiger partial charge on any atom is -0.334 e. The topological polar surface area (TPSA) is 59.0 Å². The average Bonchev–Trinajstić information content (AvgIpc) is 2.66. The molecule has 0 fully saturated rings. The molecular formula is C16H22N4O. The molecule has 1 heterocycles. The molecule has 0 atom stereocenters. The van der Waals surface area contributed by atoms with Crippen LogP contribution in [0.4, 0.5) is 10.5 Å². The Balaban J connectivity index is 1.97. The highest BCUT2D eigenvalue weighted by molar-refractivity contribution is 5.89. The second-order valence-corrected chi connectivity index (χ2v) is 5.38. The first kappa shape index (κ1) is 15.1. The van der Waals surface area contributed by atoms with E-state index in [9.17, 15) is 4.79 Å². The molecule has 1 aromatic carbocycles. The molecule has 5 nitrogen and oxygen atoms in total. The van der Waals surface area contributed by atoms with Crippen molar-refractivity contribution in [2.24, 2.45) is 7.05 Å². The minimum absolute atomic E-state index is 0.207. The zero-order valence-corrected chi connectivity index (χ0v) is 13.2. The maximum absolute atomic E-state index is 12.0. The number of benzene rings is 1. The quantitative estimate of drug-likeness (QED) is 0.911. The van der Waals surface area contributed by atoms with Crippen molar-refractivity contribution in [3.8, 4) is 0 Å². The number of nitrogens with zero attached hydrogens (tertiary/aromatic N) is 2. The average molecular weight is 286 g/mol. The number of hydrogen-bond donors (Lipinski definition) is 2. The fourth-order valence-corrected chi connectivity index (χ4v) is 2.24. The van der Waals surface area contributed by atoms with E-state index < -0.39 is 0 Å². The Labute approximate surface area is 125 Å². The summed E-state index contributed by atoms with van der Waals surface area (Å²) in [5.74, 6) is 0. The number of rotatable bonds is 3. The first-order chi connectivity index (χ1) is 9.88. The number of aryl methyl sites for hydroxylation is 4. The van der Waals surface area contributed by atoms with E-state index in [-0.39, 0.29) is 6.03 Å². The second-order valence-electron chi connectivity index (χ2n) is 5.38. The number of urea groups is 1. The lowest BCUT2D eigenvalue weighted by Gasteiger charge is -2.09. The number of carbonyl (C=O) groups excluding carboxylic acids is 1. The van der Waals surface area contributed by atoms with Gasteiger partial charge in [-0.05, 0) is 51.0 Å². The summed E-state index contributed by atoms with van der Waals surface area (Å²) in [4.78, 5) is 12.0. The molecule has 0 spiro atoms. The van der Waals surface area contributed by atoms with E-state index in [0.717, 1.165) is 28.2 Å². The SMILES string of the molecule is Cc1ccc(NC(=O)NCc2c(C)nn(C)c2C)cc1C. The highest BCUT2D eigenvalue weighted by Crippen LogP contribution is 2.14. The lowest BCUT2D eigenvalue weighted by molar-refractivity contribution is 0.251. The van der Waals surface area contributed by atoms with Crippen LogP contribution in [0.1, 0.15) is 28.1 Å². The Kier molecular flexibility index (Phi) is 4.31. The number of amides is 2. The summed E-state index contributed by atoms with van der Waals surface area (Å²) in [6.07, 6.45) is 0. The fourth-order valence-electron chi connectivity index (χ4n) is 2.24. The zero-order chi connectivity index (χ0) is 15.6. The third-order valence-corrected chi connectivity index (χ3v) is 3.85. The summed E-state index contributed by atoms with van der Waals surface area (Å²) in [7, 11) is 1.90. The summed E-state index contributed by atoms with van der Waals surface area (Å²) in [5.41, 5.74) is 6.25. The van der Waals surface area contributed by atoms with Gasteiger partial charge in [-0.15, -0.1) is 0 Å². The van der Waals surface area contributed by atoms with Crippen molar-refractivity contribution in [3.63, 3.8) is 0 Å². The van der Waals surface area contributed by atoms with E-state index in [1.165, 1.54) is 5.56 Å². The maximum atomic E-state index is 12.0. The van der Waals surface area contributed by atoms with Gasteiger partial charge in [-0.25, -0.2) is 4.79 Å². The van der Waals surface area contributed by atoms with Crippen LogP contribution in [0.5, 0.6) is 0 Å². The molecule has 0 aliphatic heterocycles. The fraction of sp³-hybridized carbons (Fsp3) is 0.375. The predicted molar refractivity (Wildman–Crippen MR) is 84.5 cm³/mol. The van der Waals surface area contributed by atoms with Crippen molar-refractivity contribution in [1.82, 2.24) is 15.1 Å². The van der Waals surface area contributed by atoms with Gasteiger partial charge in [0.15, 0.2) is 0 Å². The molecule has 21 heavy (non-hydrogen) atoms. The molecule has 0 saturated heterocycles. The van der Waals surface area contributed by atoms with Gasteiger partial charge in [0, 0.05) is 30.5 Å². The largest absolute Gasteiger partial charge is 0.334 e. The van der Waals surface area contributed by atoms with Gasteiger partial charge in [0.1, 0.15) is 0 Å². The van der Waals surface area contributed by atoms with Crippen molar-refractivity contribution in [3.05, 3.63) is 46.3 Å². The highest BCUT2D eigenvalue weighted by Gasteiger charge is 2.10. The van der Waals surface area contributed by atoms with Gasteiger partial charge in [0.25, 0.3) is 0 Å². The number of hydrogen-bond acceptors (Lipinski definition) is 2. The van der Waals surface area contributed by atoms with E-state index in [0.29, 0.717) is 6.54 Å². The van der Waals surface area contributed by atoms with Crippen LogP contribution < -0.4 is 10.6 Å². The Morgan fingerprint density at radius 2 is 1.90 bits per heavy atom. The van der Waals surface area contributed by atoms with Crippen LogP contribution in [0.25, 0.3) is 0 Å². The lowest BCUT2D eigenvalue weighted by atomic mass is 10.1. The van der Waals surface area contributed by atoms with Crippen LogP contribution in [0.2, 0.25) is 0 Å². The standard InChI is InChI=1S/C16H22N4O/c1-10-6-7-14(8-11(10)2)18-16(21)17-9-15-12(3)19-20(5)13(15)4/h6-8H,9H2,1-5H3,(H2,17,18,21). The molecule has 2 N–H and O–H groups in total. The molecule has 5 heteroatoms. The number of nitrogens with one attached hydrogen (secondary N) is 2. The van der Waals surface area contributed by atoms with Crippen molar-refractivity contribution in [1.29, 1.82) is 0 Å².